The van der Waals surface area contributed by atoms with Crippen LogP contribution in [0.15, 0.2) is 18.2 Å². The summed E-state index contributed by atoms with van der Waals surface area (Å²) in [5.74, 6) is -0.793. The van der Waals surface area contributed by atoms with Crippen molar-refractivity contribution in [2.75, 3.05) is 24.9 Å². The van der Waals surface area contributed by atoms with E-state index in [1.165, 1.54) is 13.2 Å². The zero-order valence-electron chi connectivity index (χ0n) is 9.63. The van der Waals surface area contributed by atoms with Gasteiger partial charge in [0.2, 0.25) is 0 Å². The van der Waals surface area contributed by atoms with E-state index >= 15 is 0 Å². The monoisotopic (exact) mass is 290 g/mol. The number of rotatable bonds is 4. The molecule has 2 N–H and O–H groups in total. The van der Waals surface area contributed by atoms with E-state index < -0.39 is 11.8 Å². The molecule has 0 heterocycles. The van der Waals surface area contributed by atoms with Crippen molar-refractivity contribution in [3.05, 3.63) is 23.2 Å². The summed E-state index contributed by atoms with van der Waals surface area (Å²) in [5.41, 5.74) is 0.409. The van der Waals surface area contributed by atoms with E-state index in [9.17, 15) is 9.59 Å². The van der Waals surface area contributed by atoms with Crippen LogP contribution in [0.25, 0.3) is 0 Å². The van der Waals surface area contributed by atoms with Crippen LogP contribution >= 0.6 is 23.2 Å². The normalized spacial score (nSPS) is 9.72. The molecule has 0 spiro atoms. The van der Waals surface area contributed by atoms with Gasteiger partial charge in [-0.3, -0.25) is 9.59 Å². The zero-order chi connectivity index (χ0) is 13.5. The van der Waals surface area contributed by atoms with Gasteiger partial charge in [0.25, 0.3) is 0 Å². The fourth-order valence-corrected chi connectivity index (χ4v) is 1.53. The maximum atomic E-state index is 11.4. The third-order valence-electron chi connectivity index (χ3n) is 2.00. The number of carbonyl (C=O) groups is 2. The number of ether oxygens (including phenoxy) is 1. The lowest BCUT2D eigenvalue weighted by Gasteiger charge is -2.07. The highest BCUT2D eigenvalue weighted by atomic mass is 35.5. The Morgan fingerprint density at radius 2 is 2.06 bits per heavy atom. The Kier molecular flexibility index (Phi) is 5.74. The van der Waals surface area contributed by atoms with Crippen LogP contribution in [0.5, 0.6) is 5.75 Å². The second kappa shape index (κ2) is 7.08. The van der Waals surface area contributed by atoms with Crippen LogP contribution in [-0.4, -0.2) is 31.3 Å². The lowest BCUT2D eigenvalue weighted by molar-refractivity contribution is -0.136. The molecule has 1 rings (SSSR count). The van der Waals surface area contributed by atoms with Crippen LogP contribution in [0, 0.1) is 0 Å². The predicted molar refractivity (Wildman–Crippen MR) is 70.4 cm³/mol. The molecule has 98 valence electrons. The van der Waals surface area contributed by atoms with Crippen molar-refractivity contribution >= 4 is 40.7 Å². The molecule has 18 heavy (non-hydrogen) atoms. The van der Waals surface area contributed by atoms with Crippen molar-refractivity contribution in [1.29, 1.82) is 0 Å². The Morgan fingerprint density at radius 3 is 2.61 bits per heavy atom. The van der Waals surface area contributed by atoms with Crippen molar-refractivity contribution in [1.82, 2.24) is 5.32 Å². The molecule has 0 fully saturated rings. The highest BCUT2D eigenvalue weighted by Gasteiger charge is 2.13. The molecule has 0 saturated carbocycles. The summed E-state index contributed by atoms with van der Waals surface area (Å²) in [7, 11) is 1.49. The molecule has 2 amide bonds. The van der Waals surface area contributed by atoms with Crippen LogP contribution in [0.4, 0.5) is 5.69 Å². The first-order valence-electron chi connectivity index (χ1n) is 5.07. The van der Waals surface area contributed by atoms with E-state index in [4.69, 9.17) is 27.9 Å². The Bertz CT molecular complexity index is 452. The van der Waals surface area contributed by atoms with Gasteiger partial charge in [0.15, 0.2) is 0 Å². The third-order valence-corrected chi connectivity index (χ3v) is 2.48. The number of carbonyl (C=O) groups excluding carboxylic acids is 2. The number of halogens is 2. The van der Waals surface area contributed by atoms with Crippen LogP contribution in [-0.2, 0) is 9.59 Å². The standard InChI is InChI=1S/C11H12Cl2N2O3/c1-18-9-3-2-7(6-8(9)13)15-11(17)10(16)14-5-4-12/h2-3,6H,4-5H2,1H3,(H,14,16)(H,15,17). The molecule has 0 aliphatic heterocycles. The van der Waals surface area contributed by atoms with Gasteiger partial charge in [-0.25, -0.2) is 0 Å². The van der Waals surface area contributed by atoms with Crippen LogP contribution in [0.2, 0.25) is 5.02 Å². The molecule has 1 aromatic rings. The number of methoxy groups -OCH3 is 1. The molecule has 7 heteroatoms. The summed E-state index contributed by atoms with van der Waals surface area (Å²) in [6.07, 6.45) is 0. The second-order valence-corrected chi connectivity index (χ2v) is 4.03. The van der Waals surface area contributed by atoms with E-state index in [0.29, 0.717) is 16.5 Å². The minimum Gasteiger partial charge on any atom is -0.495 e. The molecule has 0 aliphatic rings. The van der Waals surface area contributed by atoms with Crippen LogP contribution in [0.1, 0.15) is 0 Å². The highest BCUT2D eigenvalue weighted by Crippen LogP contribution is 2.27. The first-order valence-corrected chi connectivity index (χ1v) is 5.98. The summed E-state index contributed by atoms with van der Waals surface area (Å²) in [6.45, 7) is 0.233. The third kappa shape index (κ3) is 4.09. The molecule has 0 unspecified atom stereocenters. The smallest absolute Gasteiger partial charge is 0.313 e. The van der Waals surface area contributed by atoms with Crippen molar-refractivity contribution < 1.29 is 14.3 Å². The summed E-state index contributed by atoms with van der Waals surface area (Å²) in [6, 6.07) is 4.67. The predicted octanol–water partition coefficient (Wildman–Crippen LogP) is 1.64. The van der Waals surface area contributed by atoms with E-state index in [0.717, 1.165) is 0 Å². The summed E-state index contributed by atoms with van der Waals surface area (Å²) < 4.78 is 4.97. The molecule has 1 aromatic carbocycles. The first-order chi connectivity index (χ1) is 8.58. The van der Waals surface area contributed by atoms with Crippen LogP contribution in [0.3, 0.4) is 0 Å². The van der Waals surface area contributed by atoms with E-state index in [2.05, 4.69) is 10.6 Å². The molecule has 0 aromatic heterocycles. The fourth-order valence-electron chi connectivity index (χ4n) is 1.17. The van der Waals surface area contributed by atoms with Crippen molar-refractivity contribution in [2.45, 2.75) is 0 Å². The number of amides is 2. The van der Waals surface area contributed by atoms with Gasteiger partial charge in [-0.1, -0.05) is 11.6 Å². The first kappa shape index (κ1) is 14.6. The van der Waals surface area contributed by atoms with Gasteiger partial charge in [0.05, 0.1) is 12.1 Å². The average molecular weight is 291 g/mol. The maximum absolute atomic E-state index is 11.4. The van der Waals surface area contributed by atoms with Gasteiger partial charge >= 0.3 is 11.8 Å². The molecule has 0 aliphatic carbocycles. The number of alkyl halides is 1. The van der Waals surface area contributed by atoms with Gasteiger partial charge in [-0.05, 0) is 18.2 Å². The zero-order valence-corrected chi connectivity index (χ0v) is 11.1. The SMILES string of the molecule is COc1ccc(NC(=O)C(=O)NCCCl)cc1Cl. The average Bonchev–Trinajstić information content (AvgIpc) is 2.36. The molecule has 0 radical (unpaired) electrons. The Morgan fingerprint density at radius 1 is 1.33 bits per heavy atom. The minimum atomic E-state index is -0.777. The number of benzene rings is 1. The van der Waals surface area contributed by atoms with Crippen molar-refractivity contribution in [3.63, 3.8) is 0 Å². The quantitative estimate of drug-likeness (QED) is 0.654. The van der Waals surface area contributed by atoms with E-state index in [-0.39, 0.29) is 12.4 Å². The molecular weight excluding hydrogens is 279 g/mol. The molecule has 0 atom stereocenters. The molecule has 0 saturated heterocycles. The topological polar surface area (TPSA) is 67.4 Å². The molecule has 0 bridgehead atoms. The lowest BCUT2D eigenvalue weighted by atomic mass is 10.3. The van der Waals surface area contributed by atoms with Gasteiger partial charge in [0, 0.05) is 18.1 Å². The van der Waals surface area contributed by atoms with Crippen molar-refractivity contribution in [3.8, 4) is 5.75 Å². The Hall–Kier alpha value is -1.46. The van der Waals surface area contributed by atoms with E-state index in [1.807, 2.05) is 0 Å². The number of hydrogen-bond donors (Lipinski definition) is 2. The molecule has 5 nitrogen and oxygen atoms in total. The summed E-state index contributed by atoms with van der Waals surface area (Å²) in [4.78, 5) is 22.7. The lowest BCUT2D eigenvalue weighted by Crippen LogP contribution is -2.36. The maximum Gasteiger partial charge on any atom is 0.313 e. The Labute approximate surface area is 114 Å². The minimum absolute atomic E-state index is 0.233. The summed E-state index contributed by atoms with van der Waals surface area (Å²) in [5, 5.41) is 5.10. The van der Waals surface area contributed by atoms with Gasteiger partial charge < -0.3 is 15.4 Å². The van der Waals surface area contributed by atoms with Crippen LogP contribution < -0.4 is 15.4 Å². The van der Waals surface area contributed by atoms with Gasteiger partial charge in [0.1, 0.15) is 5.75 Å². The van der Waals surface area contributed by atoms with E-state index in [1.54, 1.807) is 12.1 Å². The molecular formula is C11H12Cl2N2O3. The number of anilines is 1. The second-order valence-electron chi connectivity index (χ2n) is 3.25. The van der Waals surface area contributed by atoms with Gasteiger partial charge in [-0.15, -0.1) is 11.6 Å². The largest absolute Gasteiger partial charge is 0.495 e. The Balaban J connectivity index is 2.64. The van der Waals surface area contributed by atoms with Gasteiger partial charge in [-0.2, -0.15) is 0 Å². The van der Waals surface area contributed by atoms with Crippen molar-refractivity contribution in [2.24, 2.45) is 0 Å². The fraction of sp³-hybridized carbons (Fsp3) is 0.273. The number of hydrogen-bond acceptors (Lipinski definition) is 3. The highest BCUT2D eigenvalue weighted by molar-refractivity contribution is 6.40. The number of nitrogens with one attached hydrogen (secondary N) is 2. The summed E-state index contributed by atoms with van der Waals surface area (Å²) >= 11 is 11.3.